The van der Waals surface area contributed by atoms with Crippen molar-refractivity contribution < 1.29 is 0 Å². The van der Waals surface area contributed by atoms with Gasteiger partial charge < -0.3 is 0 Å². The van der Waals surface area contributed by atoms with Crippen molar-refractivity contribution in [2.75, 3.05) is 5.83 Å². The van der Waals surface area contributed by atoms with Crippen molar-refractivity contribution in [2.45, 2.75) is 0 Å². The molecule has 0 aliphatic rings. The Hall–Kier alpha value is 0.130. The molecule has 9 heavy (non-hydrogen) atoms. The van der Waals surface area contributed by atoms with Gasteiger partial charge in [-0.25, -0.2) is 0 Å². The van der Waals surface area contributed by atoms with Gasteiger partial charge in [0.15, 0.2) is 0 Å². The van der Waals surface area contributed by atoms with Crippen molar-refractivity contribution in [1.29, 1.82) is 0 Å². The van der Waals surface area contributed by atoms with E-state index in [4.69, 9.17) is 0 Å². The third kappa shape index (κ3) is 4.62. The summed E-state index contributed by atoms with van der Waals surface area (Å²) in [4.78, 5) is 0. The van der Waals surface area contributed by atoms with E-state index in [9.17, 15) is 0 Å². The number of halogens is 1. The highest BCUT2D eigenvalue weighted by Crippen LogP contribution is 1.86. The monoisotopic (exact) mass is 204 g/mol. The standard InChI is InChI=1S/C6H7P.CH3Br/c7-6-4-2-1-3-5-6;1-2/h1-5H,7H2;1H3. The fourth-order valence-electron chi connectivity index (χ4n) is 0.453. The Morgan fingerprint density at radius 3 is 1.78 bits per heavy atom. The summed E-state index contributed by atoms with van der Waals surface area (Å²) in [5.41, 5.74) is 0. The second-order valence-corrected chi connectivity index (χ2v) is 2.08. The highest BCUT2D eigenvalue weighted by atomic mass is 79.9. The van der Waals surface area contributed by atoms with E-state index in [1.54, 1.807) is 0 Å². The molecule has 50 valence electrons. The maximum Gasteiger partial charge on any atom is -0.00848 e. The minimum absolute atomic E-state index is 1.24. The third-order valence-electron chi connectivity index (χ3n) is 0.800. The molecule has 0 heterocycles. The first kappa shape index (κ1) is 9.13. The third-order valence-corrected chi connectivity index (χ3v) is 1.18. The Bertz CT molecular complexity index is 139. The van der Waals surface area contributed by atoms with Crippen LogP contribution in [0.3, 0.4) is 0 Å². The van der Waals surface area contributed by atoms with Gasteiger partial charge in [-0.05, 0) is 11.1 Å². The van der Waals surface area contributed by atoms with Crippen LogP contribution in [0.5, 0.6) is 0 Å². The molecule has 1 aromatic carbocycles. The number of rotatable bonds is 0. The van der Waals surface area contributed by atoms with E-state index >= 15 is 0 Å². The number of hydrogen-bond acceptors (Lipinski definition) is 0. The largest absolute Gasteiger partial charge is 0.106 e. The predicted octanol–water partition coefficient (Wildman–Crippen LogP) is 2.20. The number of hydrogen-bond donors (Lipinski definition) is 0. The summed E-state index contributed by atoms with van der Waals surface area (Å²) in [7, 11) is 2.63. The minimum atomic E-state index is 1.24. The molecule has 0 aliphatic carbocycles. The van der Waals surface area contributed by atoms with Gasteiger partial charge in [-0.2, -0.15) is 0 Å². The Kier molecular flexibility index (Phi) is 6.34. The second kappa shape index (κ2) is 6.25. The first-order valence-electron chi connectivity index (χ1n) is 2.58. The van der Waals surface area contributed by atoms with Gasteiger partial charge in [-0.15, -0.1) is 9.24 Å². The summed E-state index contributed by atoms with van der Waals surface area (Å²) in [5.74, 6) is 1.81. The normalized spacial score (nSPS) is 7.44. The summed E-state index contributed by atoms with van der Waals surface area (Å²) < 4.78 is 0. The lowest BCUT2D eigenvalue weighted by Gasteiger charge is -1.82. The molecule has 0 N–H and O–H groups in total. The van der Waals surface area contributed by atoms with E-state index in [0.717, 1.165) is 0 Å². The zero-order valence-electron chi connectivity index (χ0n) is 5.34. The Morgan fingerprint density at radius 1 is 1.11 bits per heavy atom. The van der Waals surface area contributed by atoms with Crippen LogP contribution in [-0.4, -0.2) is 5.83 Å². The summed E-state index contributed by atoms with van der Waals surface area (Å²) in [6.45, 7) is 0. The second-order valence-electron chi connectivity index (χ2n) is 1.41. The van der Waals surface area contributed by atoms with Gasteiger partial charge in [-0.3, -0.25) is 0 Å². The molecule has 0 fully saturated rings. The molecular weight excluding hydrogens is 195 g/mol. The van der Waals surface area contributed by atoms with E-state index in [2.05, 4.69) is 25.2 Å². The van der Waals surface area contributed by atoms with Crippen LogP contribution in [-0.2, 0) is 0 Å². The number of benzene rings is 1. The van der Waals surface area contributed by atoms with Crippen LogP contribution >= 0.6 is 25.2 Å². The molecule has 0 saturated heterocycles. The van der Waals surface area contributed by atoms with Gasteiger partial charge in [0.2, 0.25) is 0 Å². The van der Waals surface area contributed by atoms with Gasteiger partial charge >= 0.3 is 0 Å². The predicted molar refractivity (Wildman–Crippen MR) is 50.6 cm³/mol. The van der Waals surface area contributed by atoms with Crippen LogP contribution in [0.2, 0.25) is 0 Å². The van der Waals surface area contributed by atoms with Crippen molar-refractivity contribution >= 4 is 30.5 Å². The van der Waals surface area contributed by atoms with Gasteiger partial charge in [0.1, 0.15) is 0 Å². The summed E-state index contributed by atoms with van der Waals surface area (Å²) in [6.07, 6.45) is 0. The van der Waals surface area contributed by atoms with Crippen molar-refractivity contribution in [3.63, 3.8) is 0 Å². The smallest absolute Gasteiger partial charge is 0.00848 e. The van der Waals surface area contributed by atoms with Crippen LogP contribution in [0, 0.1) is 0 Å². The minimum Gasteiger partial charge on any atom is -0.106 e. The fraction of sp³-hybridized carbons (Fsp3) is 0.143. The highest BCUT2D eigenvalue weighted by Gasteiger charge is 1.72. The first-order valence-corrected chi connectivity index (χ1v) is 4.74. The zero-order chi connectivity index (χ0) is 7.11. The maximum atomic E-state index is 2.94. The molecule has 1 aromatic rings. The molecule has 0 spiro atoms. The molecule has 1 unspecified atom stereocenters. The van der Waals surface area contributed by atoms with Gasteiger partial charge in [-0.1, -0.05) is 46.3 Å². The van der Waals surface area contributed by atoms with Gasteiger partial charge in [0.25, 0.3) is 0 Å². The van der Waals surface area contributed by atoms with Crippen molar-refractivity contribution in [3.05, 3.63) is 30.3 Å². The van der Waals surface area contributed by atoms with Crippen LogP contribution in [0.15, 0.2) is 30.3 Å². The molecular formula is C7H10BrP. The van der Waals surface area contributed by atoms with Crippen LogP contribution in [0.4, 0.5) is 0 Å². The van der Waals surface area contributed by atoms with Crippen molar-refractivity contribution in [3.8, 4) is 0 Å². The quantitative estimate of drug-likeness (QED) is 0.449. The molecule has 0 aliphatic heterocycles. The first-order chi connectivity index (χ1) is 4.39. The average molecular weight is 205 g/mol. The molecule has 1 atom stereocenters. The van der Waals surface area contributed by atoms with Gasteiger partial charge in [0.05, 0.1) is 0 Å². The van der Waals surface area contributed by atoms with Gasteiger partial charge in [0, 0.05) is 0 Å². The Morgan fingerprint density at radius 2 is 1.56 bits per heavy atom. The van der Waals surface area contributed by atoms with E-state index in [0.29, 0.717) is 0 Å². The zero-order valence-corrected chi connectivity index (χ0v) is 8.08. The van der Waals surface area contributed by atoms with Crippen LogP contribution in [0.25, 0.3) is 0 Å². The lowest BCUT2D eigenvalue weighted by molar-refractivity contribution is 1.78. The average Bonchev–Trinajstić information content (AvgIpc) is 1.94. The Balaban J connectivity index is 0.000000291. The van der Waals surface area contributed by atoms with E-state index in [1.165, 1.54) is 5.30 Å². The summed E-state index contributed by atoms with van der Waals surface area (Å²) in [5, 5.41) is 1.24. The lowest BCUT2D eigenvalue weighted by Crippen LogP contribution is -1.82. The van der Waals surface area contributed by atoms with Crippen molar-refractivity contribution in [2.24, 2.45) is 0 Å². The highest BCUT2D eigenvalue weighted by molar-refractivity contribution is 9.08. The molecule has 1 rings (SSSR count). The number of alkyl halides is 1. The van der Waals surface area contributed by atoms with E-state index in [1.807, 2.05) is 36.2 Å². The van der Waals surface area contributed by atoms with Crippen LogP contribution < -0.4 is 5.30 Å². The summed E-state index contributed by atoms with van der Waals surface area (Å²) >= 11 is 2.94. The van der Waals surface area contributed by atoms with Crippen LogP contribution in [0.1, 0.15) is 0 Å². The Labute approximate surface area is 67.0 Å². The molecule has 0 nitrogen and oxygen atoms in total. The summed E-state index contributed by atoms with van der Waals surface area (Å²) in [6, 6.07) is 10.1. The maximum absolute atomic E-state index is 2.94. The van der Waals surface area contributed by atoms with E-state index < -0.39 is 0 Å². The molecule has 0 bridgehead atoms. The molecule has 0 amide bonds. The lowest BCUT2D eigenvalue weighted by atomic mass is 10.4. The topological polar surface area (TPSA) is 0 Å². The molecule has 0 radical (unpaired) electrons. The molecule has 0 aromatic heterocycles. The van der Waals surface area contributed by atoms with E-state index in [-0.39, 0.29) is 0 Å². The fourth-order valence-corrected chi connectivity index (χ4v) is 0.675. The SMILES string of the molecule is CBr.Pc1ccccc1. The molecule has 0 saturated carbocycles. The molecule has 2 heteroatoms. The van der Waals surface area contributed by atoms with Crippen molar-refractivity contribution in [1.82, 2.24) is 0 Å².